The maximum atomic E-state index is 13.1. The molecule has 33 heavy (non-hydrogen) atoms. The lowest BCUT2D eigenvalue weighted by Gasteiger charge is -2.35. The van der Waals surface area contributed by atoms with E-state index in [1.807, 2.05) is 43.9 Å². The molecule has 1 unspecified atom stereocenters. The molecule has 0 aromatic heterocycles. The maximum absolute atomic E-state index is 13.1. The fraction of sp³-hybridized carbons (Fsp3) is 0.556. The van der Waals surface area contributed by atoms with Gasteiger partial charge >= 0.3 is 0 Å². The van der Waals surface area contributed by atoms with Crippen LogP contribution in [-0.2, 0) is 20.7 Å². The van der Waals surface area contributed by atoms with Gasteiger partial charge in [0.2, 0.25) is 5.91 Å². The van der Waals surface area contributed by atoms with E-state index in [0.29, 0.717) is 5.92 Å². The highest BCUT2D eigenvalue weighted by molar-refractivity contribution is 5.92. The van der Waals surface area contributed by atoms with Crippen LogP contribution in [0.5, 0.6) is 0 Å². The molecular formula is C27H37N3O3. The Bertz CT molecular complexity index is 945. The molecule has 3 aliphatic rings. The van der Waals surface area contributed by atoms with Crippen molar-refractivity contribution in [3.63, 3.8) is 0 Å². The molecule has 1 aromatic rings. The number of carbonyl (C=O) groups excluding carboxylic acids is 2. The molecule has 3 aliphatic heterocycles. The third-order valence-electron chi connectivity index (χ3n) is 6.46. The fourth-order valence-corrected chi connectivity index (χ4v) is 5.19. The van der Waals surface area contributed by atoms with Gasteiger partial charge in [-0.15, -0.1) is 0 Å². The second kappa shape index (κ2) is 9.24. The SMILES string of the molecule is CC(C)C[C@H]1C(OC(C)(C)C)=CC(=O)N1C1CCN(C2=CC(=O)N[C@H]2Cc2ccccc2)C1. The third-order valence-corrected chi connectivity index (χ3v) is 6.46. The quantitative estimate of drug-likeness (QED) is 0.688. The summed E-state index contributed by atoms with van der Waals surface area (Å²) in [4.78, 5) is 29.7. The van der Waals surface area contributed by atoms with Crippen molar-refractivity contribution in [2.75, 3.05) is 13.1 Å². The summed E-state index contributed by atoms with van der Waals surface area (Å²) in [5, 5.41) is 3.11. The average Bonchev–Trinajstić information content (AvgIpc) is 3.39. The predicted molar refractivity (Wildman–Crippen MR) is 129 cm³/mol. The highest BCUT2D eigenvalue weighted by atomic mass is 16.5. The van der Waals surface area contributed by atoms with E-state index in [-0.39, 0.29) is 35.5 Å². The van der Waals surface area contributed by atoms with Gasteiger partial charge in [-0.25, -0.2) is 0 Å². The molecule has 0 aliphatic carbocycles. The molecule has 0 spiro atoms. The molecule has 178 valence electrons. The standard InChI is InChI=1S/C27H37N3O3/c1-18(2)13-23-24(33-27(3,4)5)16-26(32)30(23)20-11-12-29(17-20)22-15-25(31)28-21(22)14-19-9-7-6-8-10-19/h6-10,15-16,18,20-21,23H,11-14,17H2,1-5H3,(H,28,31)/t20?,21-,23-/m0/s1. The van der Waals surface area contributed by atoms with Gasteiger partial charge < -0.3 is 19.9 Å². The van der Waals surface area contributed by atoms with E-state index in [4.69, 9.17) is 4.74 Å². The van der Waals surface area contributed by atoms with E-state index in [1.165, 1.54) is 5.56 Å². The zero-order chi connectivity index (χ0) is 23.8. The van der Waals surface area contributed by atoms with Crippen molar-refractivity contribution in [1.29, 1.82) is 0 Å². The summed E-state index contributed by atoms with van der Waals surface area (Å²) in [6, 6.07) is 10.3. The Morgan fingerprint density at radius 3 is 2.52 bits per heavy atom. The van der Waals surface area contributed by atoms with Crippen LogP contribution in [0.15, 0.2) is 53.9 Å². The van der Waals surface area contributed by atoms with Crippen molar-refractivity contribution in [2.45, 2.75) is 77.6 Å². The van der Waals surface area contributed by atoms with Crippen LogP contribution in [-0.4, -0.2) is 58.4 Å². The highest BCUT2D eigenvalue weighted by Crippen LogP contribution is 2.35. The van der Waals surface area contributed by atoms with Crippen LogP contribution in [0.1, 0.15) is 53.0 Å². The topological polar surface area (TPSA) is 61.9 Å². The second-order valence-corrected chi connectivity index (χ2v) is 10.9. The van der Waals surface area contributed by atoms with Crippen LogP contribution in [0.3, 0.4) is 0 Å². The fourth-order valence-electron chi connectivity index (χ4n) is 5.19. The molecule has 1 fully saturated rings. The predicted octanol–water partition coefficient (Wildman–Crippen LogP) is 3.64. The maximum Gasteiger partial charge on any atom is 0.250 e. The van der Waals surface area contributed by atoms with Crippen molar-refractivity contribution in [2.24, 2.45) is 5.92 Å². The van der Waals surface area contributed by atoms with Gasteiger partial charge in [-0.1, -0.05) is 44.2 Å². The van der Waals surface area contributed by atoms with Gasteiger partial charge in [0.05, 0.1) is 18.1 Å². The number of ether oxygens (including phenoxy) is 1. The Labute approximate surface area is 197 Å². The molecule has 1 N–H and O–H groups in total. The van der Waals surface area contributed by atoms with E-state index in [2.05, 4.69) is 36.2 Å². The second-order valence-electron chi connectivity index (χ2n) is 10.9. The molecule has 3 heterocycles. The minimum Gasteiger partial charge on any atom is -0.490 e. The first kappa shape index (κ1) is 23.4. The van der Waals surface area contributed by atoms with E-state index >= 15 is 0 Å². The zero-order valence-electron chi connectivity index (χ0n) is 20.5. The van der Waals surface area contributed by atoms with Gasteiger partial charge in [0.25, 0.3) is 5.91 Å². The summed E-state index contributed by atoms with van der Waals surface area (Å²) >= 11 is 0. The van der Waals surface area contributed by atoms with Gasteiger partial charge in [0.1, 0.15) is 11.4 Å². The monoisotopic (exact) mass is 451 g/mol. The first-order chi connectivity index (χ1) is 15.6. The minimum atomic E-state index is -0.343. The number of likely N-dealkylation sites (tertiary alicyclic amines) is 1. The van der Waals surface area contributed by atoms with Crippen molar-refractivity contribution >= 4 is 11.8 Å². The first-order valence-corrected chi connectivity index (χ1v) is 12.1. The molecule has 6 nitrogen and oxygen atoms in total. The number of nitrogens with one attached hydrogen (secondary N) is 1. The summed E-state index contributed by atoms with van der Waals surface area (Å²) in [6.45, 7) is 12.0. The Balaban J connectivity index is 1.48. The number of hydrogen-bond acceptors (Lipinski definition) is 4. The van der Waals surface area contributed by atoms with Crippen LogP contribution in [0.25, 0.3) is 0 Å². The number of carbonyl (C=O) groups is 2. The largest absolute Gasteiger partial charge is 0.490 e. The lowest BCUT2D eigenvalue weighted by Crippen LogP contribution is -2.46. The van der Waals surface area contributed by atoms with Crippen molar-refractivity contribution < 1.29 is 14.3 Å². The normalized spacial score (nSPS) is 25.6. The smallest absolute Gasteiger partial charge is 0.250 e. The molecule has 1 aromatic carbocycles. The molecule has 2 amide bonds. The summed E-state index contributed by atoms with van der Waals surface area (Å²) < 4.78 is 6.22. The van der Waals surface area contributed by atoms with Crippen molar-refractivity contribution in [1.82, 2.24) is 15.1 Å². The minimum absolute atomic E-state index is 0.0286. The first-order valence-electron chi connectivity index (χ1n) is 12.1. The van der Waals surface area contributed by atoms with Gasteiger partial charge in [0.15, 0.2) is 0 Å². The average molecular weight is 452 g/mol. The lowest BCUT2D eigenvalue weighted by molar-refractivity contribution is -0.129. The Hall–Kier alpha value is -2.76. The van der Waals surface area contributed by atoms with Crippen LogP contribution >= 0.6 is 0 Å². The number of rotatable bonds is 7. The summed E-state index contributed by atoms with van der Waals surface area (Å²) in [6.07, 6.45) is 5.96. The van der Waals surface area contributed by atoms with Gasteiger partial charge in [-0.05, 0) is 51.5 Å². The molecular weight excluding hydrogens is 414 g/mol. The number of hydrogen-bond donors (Lipinski definition) is 1. The van der Waals surface area contributed by atoms with E-state index < -0.39 is 0 Å². The van der Waals surface area contributed by atoms with Gasteiger partial charge in [-0.3, -0.25) is 9.59 Å². The summed E-state index contributed by atoms with van der Waals surface area (Å²) in [5.74, 6) is 1.25. The molecule has 0 radical (unpaired) electrons. The van der Waals surface area contributed by atoms with Crippen LogP contribution in [0.4, 0.5) is 0 Å². The number of benzene rings is 1. The molecule has 1 saturated heterocycles. The van der Waals surface area contributed by atoms with Crippen LogP contribution < -0.4 is 5.32 Å². The molecule has 0 bridgehead atoms. The molecule has 3 atom stereocenters. The van der Waals surface area contributed by atoms with Crippen molar-refractivity contribution in [3.05, 3.63) is 59.5 Å². The number of amides is 2. The number of nitrogens with zero attached hydrogens (tertiary/aromatic N) is 2. The Kier molecular flexibility index (Phi) is 6.55. The lowest BCUT2D eigenvalue weighted by atomic mass is 10.0. The third kappa shape index (κ3) is 5.43. The summed E-state index contributed by atoms with van der Waals surface area (Å²) in [5.41, 5.74) is 1.90. The zero-order valence-corrected chi connectivity index (χ0v) is 20.5. The molecule has 0 saturated carbocycles. The van der Waals surface area contributed by atoms with Crippen LogP contribution in [0.2, 0.25) is 0 Å². The molecule has 6 heteroatoms. The Morgan fingerprint density at radius 1 is 1.12 bits per heavy atom. The van der Waals surface area contributed by atoms with E-state index in [1.54, 1.807) is 12.2 Å². The van der Waals surface area contributed by atoms with E-state index in [9.17, 15) is 9.59 Å². The van der Waals surface area contributed by atoms with Gasteiger partial charge in [-0.2, -0.15) is 0 Å². The van der Waals surface area contributed by atoms with Crippen molar-refractivity contribution in [3.8, 4) is 0 Å². The Morgan fingerprint density at radius 2 is 1.85 bits per heavy atom. The van der Waals surface area contributed by atoms with Gasteiger partial charge in [0, 0.05) is 30.9 Å². The highest BCUT2D eigenvalue weighted by Gasteiger charge is 2.43. The van der Waals surface area contributed by atoms with Crippen LogP contribution in [0, 0.1) is 5.92 Å². The van der Waals surface area contributed by atoms with E-state index in [0.717, 1.165) is 43.8 Å². The summed E-state index contributed by atoms with van der Waals surface area (Å²) in [7, 11) is 0. The molecule has 4 rings (SSSR count).